The molecule has 2 aromatic rings. The first-order valence-corrected chi connectivity index (χ1v) is 9.95. The first-order valence-electron chi connectivity index (χ1n) is 9.20. The van der Waals surface area contributed by atoms with E-state index < -0.39 is 0 Å². The highest BCUT2D eigenvalue weighted by molar-refractivity contribution is 6.38. The minimum Gasteiger partial charge on any atom is -0.497 e. The van der Waals surface area contributed by atoms with Gasteiger partial charge in [-0.15, -0.1) is 0 Å². The predicted octanol–water partition coefficient (Wildman–Crippen LogP) is 4.00. The molecule has 0 spiro atoms. The van der Waals surface area contributed by atoms with Crippen molar-refractivity contribution < 1.29 is 14.3 Å². The quantitative estimate of drug-likeness (QED) is 0.571. The summed E-state index contributed by atoms with van der Waals surface area (Å²) in [5.74, 6) is 0.192. The third-order valence-electron chi connectivity index (χ3n) is 4.84. The zero-order valence-electron chi connectivity index (χ0n) is 15.9. The van der Waals surface area contributed by atoms with Crippen LogP contribution < -0.4 is 10.2 Å². The van der Waals surface area contributed by atoms with Crippen molar-refractivity contribution in [1.82, 2.24) is 10.3 Å². The van der Waals surface area contributed by atoms with Gasteiger partial charge in [0.15, 0.2) is 0 Å². The van der Waals surface area contributed by atoms with Gasteiger partial charge in [0, 0.05) is 30.1 Å². The number of hydrogen-bond donors (Lipinski definition) is 1. The van der Waals surface area contributed by atoms with Crippen LogP contribution in [-0.4, -0.2) is 43.1 Å². The molecule has 1 heterocycles. The van der Waals surface area contributed by atoms with Crippen molar-refractivity contribution in [2.24, 2.45) is 11.0 Å². The van der Waals surface area contributed by atoms with Crippen molar-refractivity contribution >= 4 is 41.2 Å². The molecule has 29 heavy (non-hydrogen) atoms. The number of carbonyl (C=O) groups excluding carboxylic acids is 2. The highest BCUT2D eigenvalue weighted by Crippen LogP contribution is 2.23. The number of halogens is 2. The number of piperidine rings is 1. The summed E-state index contributed by atoms with van der Waals surface area (Å²) in [7, 11) is 1.57. The Hall–Kier alpha value is -2.57. The van der Waals surface area contributed by atoms with Crippen molar-refractivity contribution in [3.63, 3.8) is 0 Å². The molecule has 0 bridgehead atoms. The smallest absolute Gasteiger partial charge is 0.253 e. The zero-order chi connectivity index (χ0) is 20.8. The highest BCUT2D eigenvalue weighted by Gasteiger charge is 2.27. The van der Waals surface area contributed by atoms with Gasteiger partial charge >= 0.3 is 0 Å². The van der Waals surface area contributed by atoms with E-state index in [0.29, 0.717) is 52.9 Å². The molecule has 0 unspecified atom stereocenters. The van der Waals surface area contributed by atoms with Gasteiger partial charge in [0.1, 0.15) is 5.75 Å². The van der Waals surface area contributed by atoms with E-state index in [1.54, 1.807) is 54.5 Å². The molecule has 2 amide bonds. The number of hydrogen-bond acceptors (Lipinski definition) is 4. The van der Waals surface area contributed by atoms with E-state index in [4.69, 9.17) is 27.9 Å². The van der Waals surface area contributed by atoms with Gasteiger partial charge in [0.05, 0.1) is 23.4 Å². The molecule has 0 aliphatic carbocycles. The third-order valence-corrected chi connectivity index (χ3v) is 5.50. The van der Waals surface area contributed by atoms with Crippen molar-refractivity contribution in [1.29, 1.82) is 0 Å². The lowest BCUT2D eigenvalue weighted by molar-refractivity contribution is -0.126. The van der Waals surface area contributed by atoms with Crippen LogP contribution in [-0.2, 0) is 4.79 Å². The van der Waals surface area contributed by atoms with Crippen molar-refractivity contribution in [3.05, 3.63) is 63.6 Å². The van der Waals surface area contributed by atoms with Gasteiger partial charge in [0.25, 0.3) is 5.91 Å². The van der Waals surface area contributed by atoms with Crippen LogP contribution in [0.1, 0.15) is 28.8 Å². The Bertz CT molecular complexity index is 905. The largest absolute Gasteiger partial charge is 0.497 e. The first kappa shape index (κ1) is 21.1. The monoisotopic (exact) mass is 433 g/mol. The van der Waals surface area contributed by atoms with Crippen LogP contribution in [0.15, 0.2) is 47.6 Å². The van der Waals surface area contributed by atoms with Crippen LogP contribution >= 0.6 is 23.2 Å². The van der Waals surface area contributed by atoms with Crippen LogP contribution in [0.2, 0.25) is 10.0 Å². The average molecular weight is 434 g/mol. The summed E-state index contributed by atoms with van der Waals surface area (Å²) in [6.45, 7) is 1.02. The normalized spacial score (nSPS) is 14.8. The molecule has 0 atom stereocenters. The third kappa shape index (κ3) is 5.28. The van der Waals surface area contributed by atoms with E-state index in [1.807, 2.05) is 0 Å². The fourth-order valence-electron chi connectivity index (χ4n) is 3.17. The van der Waals surface area contributed by atoms with E-state index in [1.165, 1.54) is 6.21 Å². The molecule has 2 aromatic carbocycles. The number of carbonyl (C=O) groups is 2. The SMILES string of the molecule is COc1cccc(C(=O)N2CCC(C(=O)N/N=C\c3c(Cl)cccc3Cl)CC2)c1. The minimum atomic E-state index is -0.205. The molecule has 0 radical (unpaired) electrons. The second-order valence-corrected chi connectivity index (χ2v) is 7.48. The molecule has 3 rings (SSSR count). The second-order valence-electron chi connectivity index (χ2n) is 6.67. The molecule has 1 fully saturated rings. The van der Waals surface area contributed by atoms with Crippen LogP contribution in [0.3, 0.4) is 0 Å². The molecule has 8 heteroatoms. The molecular formula is C21H21Cl2N3O3. The zero-order valence-corrected chi connectivity index (χ0v) is 17.4. The topological polar surface area (TPSA) is 71.0 Å². The Morgan fingerprint density at radius 2 is 1.79 bits per heavy atom. The van der Waals surface area contributed by atoms with Crippen LogP contribution in [0, 0.1) is 5.92 Å². The van der Waals surface area contributed by atoms with Gasteiger partial charge in [-0.25, -0.2) is 5.43 Å². The lowest BCUT2D eigenvalue weighted by atomic mass is 9.95. The Balaban J connectivity index is 1.53. The molecule has 1 aliphatic rings. The van der Waals surface area contributed by atoms with Gasteiger partial charge in [-0.1, -0.05) is 35.3 Å². The molecule has 6 nitrogen and oxygen atoms in total. The van der Waals surface area contributed by atoms with Gasteiger partial charge in [-0.2, -0.15) is 5.10 Å². The minimum absolute atomic E-state index is 0.0610. The van der Waals surface area contributed by atoms with E-state index in [9.17, 15) is 9.59 Å². The summed E-state index contributed by atoms with van der Waals surface area (Å²) in [4.78, 5) is 26.8. The molecule has 1 saturated heterocycles. The highest BCUT2D eigenvalue weighted by atomic mass is 35.5. The number of ether oxygens (including phenoxy) is 1. The van der Waals surface area contributed by atoms with Crippen LogP contribution in [0.5, 0.6) is 5.75 Å². The molecule has 0 aromatic heterocycles. The standard InChI is InChI=1S/C21H21Cl2N3O3/c1-29-16-5-2-4-15(12-16)21(28)26-10-8-14(9-11-26)20(27)25-24-13-17-18(22)6-3-7-19(17)23/h2-7,12-14H,8-11H2,1H3,(H,25,27)/b24-13-. The number of likely N-dealkylation sites (tertiary alicyclic amines) is 1. The van der Waals surface area contributed by atoms with E-state index in [2.05, 4.69) is 10.5 Å². The Morgan fingerprint density at radius 3 is 2.45 bits per heavy atom. The fraction of sp³-hybridized carbons (Fsp3) is 0.286. The number of nitrogens with one attached hydrogen (secondary N) is 1. The first-order chi connectivity index (χ1) is 14.0. The molecule has 0 saturated carbocycles. The number of hydrazone groups is 1. The summed E-state index contributed by atoms with van der Waals surface area (Å²) in [6, 6.07) is 12.2. The maximum absolute atomic E-state index is 12.7. The van der Waals surface area contributed by atoms with Crippen LogP contribution in [0.25, 0.3) is 0 Å². The number of nitrogens with zero attached hydrogens (tertiary/aromatic N) is 2. The van der Waals surface area contributed by atoms with Crippen molar-refractivity contribution in [2.45, 2.75) is 12.8 Å². The summed E-state index contributed by atoms with van der Waals surface area (Å²) in [5, 5.41) is 4.89. The predicted molar refractivity (Wildman–Crippen MR) is 114 cm³/mol. The van der Waals surface area contributed by atoms with Gasteiger partial charge < -0.3 is 9.64 Å². The fourth-order valence-corrected chi connectivity index (χ4v) is 3.66. The molecule has 152 valence electrons. The number of rotatable bonds is 5. The maximum Gasteiger partial charge on any atom is 0.253 e. The summed E-state index contributed by atoms with van der Waals surface area (Å²) < 4.78 is 5.17. The molecular weight excluding hydrogens is 413 g/mol. The number of benzene rings is 2. The second kappa shape index (κ2) is 9.76. The van der Waals surface area contributed by atoms with E-state index in [0.717, 1.165) is 0 Å². The van der Waals surface area contributed by atoms with E-state index in [-0.39, 0.29) is 17.7 Å². The Kier molecular flexibility index (Phi) is 7.12. The van der Waals surface area contributed by atoms with Crippen molar-refractivity contribution in [2.75, 3.05) is 20.2 Å². The Morgan fingerprint density at radius 1 is 1.14 bits per heavy atom. The Labute approximate surface area is 179 Å². The number of amides is 2. The number of methoxy groups -OCH3 is 1. The summed E-state index contributed by atoms with van der Waals surface area (Å²) in [5.41, 5.74) is 3.67. The maximum atomic E-state index is 12.7. The van der Waals surface area contributed by atoms with E-state index >= 15 is 0 Å². The summed E-state index contributed by atoms with van der Waals surface area (Å²) >= 11 is 12.2. The van der Waals surface area contributed by atoms with Gasteiger partial charge in [-0.3, -0.25) is 9.59 Å². The lowest BCUT2D eigenvalue weighted by Gasteiger charge is -2.31. The molecule has 1 aliphatic heterocycles. The lowest BCUT2D eigenvalue weighted by Crippen LogP contribution is -2.42. The van der Waals surface area contributed by atoms with Crippen molar-refractivity contribution in [3.8, 4) is 5.75 Å². The van der Waals surface area contributed by atoms with Crippen LogP contribution in [0.4, 0.5) is 0 Å². The average Bonchev–Trinajstić information content (AvgIpc) is 2.75. The summed E-state index contributed by atoms with van der Waals surface area (Å²) in [6.07, 6.45) is 2.58. The van der Waals surface area contributed by atoms with Gasteiger partial charge in [0.2, 0.25) is 5.91 Å². The van der Waals surface area contributed by atoms with Gasteiger partial charge in [-0.05, 0) is 43.2 Å². The molecule has 1 N–H and O–H groups in total.